The molecule has 29 heavy (non-hydrogen) atoms. The molecule has 154 valence electrons. The van der Waals surface area contributed by atoms with E-state index in [0.717, 1.165) is 18.0 Å². The van der Waals surface area contributed by atoms with Crippen molar-refractivity contribution in [2.75, 3.05) is 31.6 Å². The Morgan fingerprint density at radius 2 is 1.93 bits per heavy atom. The highest BCUT2D eigenvalue weighted by Crippen LogP contribution is 2.32. The lowest BCUT2D eigenvalue weighted by atomic mass is 10.1. The Morgan fingerprint density at radius 1 is 1.24 bits per heavy atom. The average Bonchev–Trinajstić information content (AvgIpc) is 2.72. The SMILES string of the molecule is CCN1C[C@@H](CN(C)C(=O)[C@H](C)NC(=O)c2ccccc2Cl)Oc2ccccc21. The average molecular weight is 416 g/mol. The number of halogens is 1. The van der Waals surface area contributed by atoms with Gasteiger partial charge in [-0.1, -0.05) is 35.9 Å². The molecule has 6 nitrogen and oxygen atoms in total. The normalized spacial score (nSPS) is 16.4. The fourth-order valence-electron chi connectivity index (χ4n) is 3.48. The Kier molecular flexibility index (Phi) is 6.64. The molecule has 0 fully saturated rings. The molecule has 3 rings (SSSR count). The minimum atomic E-state index is -0.679. The number of hydrogen-bond donors (Lipinski definition) is 1. The maximum Gasteiger partial charge on any atom is 0.253 e. The molecule has 1 heterocycles. The molecule has 0 saturated carbocycles. The lowest BCUT2D eigenvalue weighted by Gasteiger charge is -2.37. The second-order valence-corrected chi connectivity index (χ2v) is 7.55. The Hall–Kier alpha value is -2.73. The quantitative estimate of drug-likeness (QED) is 0.787. The number of para-hydroxylation sites is 2. The molecule has 2 aromatic rings. The third kappa shape index (κ3) is 4.82. The third-order valence-corrected chi connectivity index (χ3v) is 5.33. The van der Waals surface area contributed by atoms with Crippen molar-refractivity contribution in [3.8, 4) is 5.75 Å². The molecule has 0 radical (unpaired) electrons. The van der Waals surface area contributed by atoms with Crippen LogP contribution in [0.1, 0.15) is 24.2 Å². The van der Waals surface area contributed by atoms with E-state index in [1.165, 1.54) is 0 Å². The summed E-state index contributed by atoms with van der Waals surface area (Å²) in [6.07, 6.45) is -0.148. The van der Waals surface area contributed by atoms with Gasteiger partial charge in [0.25, 0.3) is 5.91 Å². The van der Waals surface area contributed by atoms with E-state index >= 15 is 0 Å². The number of nitrogens with one attached hydrogen (secondary N) is 1. The second-order valence-electron chi connectivity index (χ2n) is 7.14. The molecule has 1 N–H and O–H groups in total. The van der Waals surface area contributed by atoms with Crippen LogP contribution in [0.4, 0.5) is 5.69 Å². The van der Waals surface area contributed by atoms with E-state index in [2.05, 4.69) is 17.1 Å². The number of amides is 2. The number of rotatable bonds is 6. The summed E-state index contributed by atoms with van der Waals surface area (Å²) in [6.45, 7) is 5.75. The van der Waals surface area contributed by atoms with Gasteiger partial charge in [0, 0.05) is 13.6 Å². The van der Waals surface area contributed by atoms with Crippen molar-refractivity contribution in [2.24, 2.45) is 0 Å². The van der Waals surface area contributed by atoms with Gasteiger partial charge in [-0.15, -0.1) is 0 Å². The van der Waals surface area contributed by atoms with Gasteiger partial charge in [-0.25, -0.2) is 0 Å². The molecule has 7 heteroatoms. The lowest BCUT2D eigenvalue weighted by molar-refractivity contribution is -0.132. The van der Waals surface area contributed by atoms with E-state index in [9.17, 15) is 9.59 Å². The van der Waals surface area contributed by atoms with Crippen LogP contribution in [0.2, 0.25) is 5.02 Å². The number of ether oxygens (including phenoxy) is 1. The molecule has 0 bridgehead atoms. The van der Waals surface area contributed by atoms with Crippen LogP contribution in [0.5, 0.6) is 5.75 Å². The zero-order chi connectivity index (χ0) is 21.0. The number of benzene rings is 2. The number of anilines is 1. The zero-order valence-electron chi connectivity index (χ0n) is 16.9. The predicted octanol–water partition coefficient (Wildman–Crippen LogP) is 3.20. The Labute approximate surface area is 176 Å². The van der Waals surface area contributed by atoms with Crippen molar-refractivity contribution >= 4 is 29.1 Å². The molecule has 0 saturated heterocycles. The molecule has 1 aliphatic rings. The summed E-state index contributed by atoms with van der Waals surface area (Å²) in [4.78, 5) is 29.0. The first-order chi connectivity index (χ1) is 13.9. The summed E-state index contributed by atoms with van der Waals surface area (Å²) in [5, 5.41) is 3.08. The number of nitrogens with zero attached hydrogens (tertiary/aromatic N) is 2. The summed E-state index contributed by atoms with van der Waals surface area (Å²) >= 11 is 6.06. The van der Waals surface area contributed by atoms with Gasteiger partial charge < -0.3 is 19.9 Å². The summed E-state index contributed by atoms with van der Waals surface area (Å²) in [7, 11) is 1.72. The van der Waals surface area contributed by atoms with E-state index in [1.807, 2.05) is 24.3 Å². The minimum absolute atomic E-state index is 0.148. The van der Waals surface area contributed by atoms with Gasteiger partial charge in [0.15, 0.2) is 0 Å². The van der Waals surface area contributed by atoms with Gasteiger partial charge in [-0.05, 0) is 38.1 Å². The van der Waals surface area contributed by atoms with Crippen LogP contribution in [0, 0.1) is 0 Å². The van der Waals surface area contributed by atoms with Crippen LogP contribution < -0.4 is 15.0 Å². The lowest BCUT2D eigenvalue weighted by Crippen LogP contribution is -2.51. The molecule has 2 amide bonds. The van der Waals surface area contributed by atoms with Crippen LogP contribution in [-0.2, 0) is 4.79 Å². The van der Waals surface area contributed by atoms with Gasteiger partial charge in [0.05, 0.1) is 29.4 Å². The monoisotopic (exact) mass is 415 g/mol. The maximum absolute atomic E-state index is 12.8. The summed E-state index contributed by atoms with van der Waals surface area (Å²) in [5.74, 6) is 0.271. The first kappa shape index (κ1) is 21.0. The fourth-order valence-corrected chi connectivity index (χ4v) is 3.70. The molecule has 0 unspecified atom stereocenters. The number of likely N-dealkylation sites (N-methyl/N-ethyl adjacent to an activating group) is 2. The molecule has 0 aromatic heterocycles. The van der Waals surface area contributed by atoms with E-state index in [4.69, 9.17) is 16.3 Å². The van der Waals surface area contributed by atoms with Crippen LogP contribution >= 0.6 is 11.6 Å². The molecule has 2 aromatic carbocycles. The Bertz CT molecular complexity index is 889. The van der Waals surface area contributed by atoms with Crippen molar-refractivity contribution in [2.45, 2.75) is 26.0 Å². The number of hydrogen-bond acceptors (Lipinski definition) is 4. The van der Waals surface area contributed by atoms with Gasteiger partial charge in [0.2, 0.25) is 5.91 Å². The molecule has 1 aliphatic heterocycles. The van der Waals surface area contributed by atoms with Crippen LogP contribution in [-0.4, -0.2) is 55.5 Å². The number of carbonyl (C=O) groups excluding carboxylic acids is 2. The third-order valence-electron chi connectivity index (χ3n) is 5.00. The van der Waals surface area contributed by atoms with Crippen molar-refractivity contribution in [3.63, 3.8) is 0 Å². The van der Waals surface area contributed by atoms with E-state index in [0.29, 0.717) is 23.7 Å². The largest absolute Gasteiger partial charge is 0.485 e. The predicted molar refractivity (Wildman–Crippen MR) is 115 cm³/mol. The maximum atomic E-state index is 12.8. The summed E-state index contributed by atoms with van der Waals surface area (Å²) in [5.41, 5.74) is 1.42. The van der Waals surface area contributed by atoms with Crippen molar-refractivity contribution in [1.82, 2.24) is 10.2 Å². The minimum Gasteiger partial charge on any atom is -0.485 e. The van der Waals surface area contributed by atoms with Gasteiger partial charge in [-0.3, -0.25) is 9.59 Å². The van der Waals surface area contributed by atoms with Crippen molar-refractivity contribution < 1.29 is 14.3 Å². The number of fused-ring (bicyclic) bond motifs is 1. The fraction of sp³-hybridized carbons (Fsp3) is 0.364. The molecular weight excluding hydrogens is 390 g/mol. The van der Waals surface area contributed by atoms with Crippen LogP contribution in [0.15, 0.2) is 48.5 Å². The summed E-state index contributed by atoms with van der Waals surface area (Å²) in [6, 6.07) is 14.0. The Morgan fingerprint density at radius 3 is 2.66 bits per heavy atom. The van der Waals surface area contributed by atoms with E-state index in [1.54, 1.807) is 43.1 Å². The standard InChI is InChI=1S/C22H26ClN3O3/c1-4-26-14-16(29-20-12-8-7-11-19(20)26)13-25(3)22(28)15(2)24-21(27)17-9-5-6-10-18(17)23/h5-12,15-16H,4,13-14H2,1-3H3,(H,24,27)/t15-,16+/m0/s1. The van der Waals surface area contributed by atoms with Crippen LogP contribution in [0.25, 0.3) is 0 Å². The molecule has 2 atom stereocenters. The van der Waals surface area contributed by atoms with Crippen molar-refractivity contribution in [3.05, 3.63) is 59.1 Å². The van der Waals surface area contributed by atoms with E-state index in [-0.39, 0.29) is 17.9 Å². The second kappa shape index (κ2) is 9.18. The van der Waals surface area contributed by atoms with Gasteiger partial charge in [-0.2, -0.15) is 0 Å². The first-order valence-corrected chi connectivity index (χ1v) is 10.1. The Balaban J connectivity index is 1.60. The van der Waals surface area contributed by atoms with E-state index < -0.39 is 6.04 Å². The van der Waals surface area contributed by atoms with Crippen LogP contribution in [0.3, 0.4) is 0 Å². The van der Waals surface area contributed by atoms with Crippen molar-refractivity contribution in [1.29, 1.82) is 0 Å². The van der Waals surface area contributed by atoms with Gasteiger partial charge in [0.1, 0.15) is 17.9 Å². The highest BCUT2D eigenvalue weighted by molar-refractivity contribution is 6.33. The number of carbonyl (C=O) groups is 2. The highest BCUT2D eigenvalue weighted by atomic mass is 35.5. The molecule has 0 spiro atoms. The summed E-state index contributed by atoms with van der Waals surface area (Å²) < 4.78 is 6.09. The molecule has 0 aliphatic carbocycles. The molecular formula is C22H26ClN3O3. The topological polar surface area (TPSA) is 61.9 Å². The first-order valence-electron chi connectivity index (χ1n) is 9.71. The zero-order valence-corrected chi connectivity index (χ0v) is 17.6. The smallest absolute Gasteiger partial charge is 0.253 e. The highest BCUT2D eigenvalue weighted by Gasteiger charge is 2.28. The van der Waals surface area contributed by atoms with Gasteiger partial charge >= 0.3 is 0 Å².